The fraction of sp³-hybridized carbons (Fsp3) is 0.429. The van der Waals surface area contributed by atoms with E-state index in [0.29, 0.717) is 0 Å². The Morgan fingerprint density at radius 2 is 2.12 bits per heavy atom. The molecule has 1 nitrogen and oxygen atoms in total. The van der Waals surface area contributed by atoms with E-state index in [1.807, 2.05) is 11.6 Å². The molecule has 0 aliphatic heterocycles. The van der Waals surface area contributed by atoms with Gasteiger partial charge in [-0.2, -0.15) is 0 Å². The summed E-state index contributed by atoms with van der Waals surface area (Å²) in [5, 5.41) is 0. The number of hydrogen-bond donors (Lipinski definition) is 0. The predicted molar refractivity (Wildman–Crippen MR) is 33.7 cm³/mol. The van der Waals surface area contributed by atoms with Crippen molar-refractivity contribution in [2.24, 2.45) is 7.05 Å². The maximum Gasteiger partial charge on any atom is 0.0680 e. The van der Waals surface area contributed by atoms with Gasteiger partial charge in [0.05, 0.1) is 6.20 Å². The van der Waals surface area contributed by atoms with Gasteiger partial charge in [-0.15, -0.1) is 0 Å². The molecule has 1 aromatic rings. The average Bonchev–Trinajstić information content (AvgIpc) is 1.85. The highest BCUT2D eigenvalue weighted by Crippen LogP contribution is 2.03. The van der Waals surface area contributed by atoms with Gasteiger partial charge in [-0.1, -0.05) is 0 Å². The molecule has 0 amide bonds. The maximum atomic E-state index is 3.12. The fourth-order valence-electron chi connectivity index (χ4n) is 0.772. The van der Waals surface area contributed by atoms with Gasteiger partial charge in [0.25, 0.3) is 0 Å². The Morgan fingerprint density at radius 1 is 1.50 bits per heavy atom. The van der Waals surface area contributed by atoms with Crippen molar-refractivity contribution in [3.8, 4) is 0 Å². The minimum atomic E-state index is 1.24. The molecule has 1 heteroatoms. The Morgan fingerprint density at radius 3 is 2.25 bits per heavy atom. The van der Waals surface area contributed by atoms with Crippen LogP contribution in [0, 0.1) is 20.0 Å². The number of nitrogens with zero attached hydrogens (tertiary/aromatic N) is 1. The van der Waals surface area contributed by atoms with Crippen molar-refractivity contribution < 1.29 is 0 Å². The van der Waals surface area contributed by atoms with Gasteiger partial charge >= 0.3 is 0 Å². The van der Waals surface area contributed by atoms with Crippen molar-refractivity contribution >= 4 is 0 Å². The third kappa shape index (κ3) is 0.760. The molecule has 0 N–H and O–H groups in total. The Bertz CT molecular complexity index is 167. The van der Waals surface area contributed by atoms with Crippen LogP contribution in [0.25, 0.3) is 0 Å². The first kappa shape index (κ1) is 5.42. The van der Waals surface area contributed by atoms with E-state index in [-0.39, 0.29) is 0 Å². The van der Waals surface area contributed by atoms with Crippen molar-refractivity contribution in [3.05, 3.63) is 23.5 Å². The van der Waals surface area contributed by atoms with Gasteiger partial charge in [0, 0.05) is 13.2 Å². The van der Waals surface area contributed by atoms with Crippen LogP contribution in [0.3, 0.4) is 0 Å². The zero-order chi connectivity index (χ0) is 6.15. The first-order chi connectivity index (χ1) is 3.70. The van der Waals surface area contributed by atoms with Crippen LogP contribution in [0.2, 0.25) is 0 Å². The summed E-state index contributed by atoms with van der Waals surface area (Å²) in [4.78, 5) is 0. The molecule has 0 bridgehead atoms. The van der Waals surface area contributed by atoms with Gasteiger partial charge in [0.15, 0.2) is 0 Å². The lowest BCUT2D eigenvalue weighted by molar-refractivity contribution is 0.913. The number of rotatable bonds is 0. The molecule has 1 aromatic heterocycles. The van der Waals surface area contributed by atoms with Gasteiger partial charge in [0.2, 0.25) is 0 Å². The molecule has 0 fully saturated rings. The highest BCUT2D eigenvalue weighted by atomic mass is 14.9. The van der Waals surface area contributed by atoms with E-state index in [4.69, 9.17) is 0 Å². The van der Waals surface area contributed by atoms with Crippen LogP contribution >= 0.6 is 0 Å². The summed E-state index contributed by atoms with van der Waals surface area (Å²) in [7, 11) is 1.99. The lowest BCUT2D eigenvalue weighted by atomic mass is 10.2. The monoisotopic (exact) mass is 108 g/mol. The molecule has 0 saturated carbocycles. The lowest BCUT2D eigenvalue weighted by Crippen LogP contribution is -1.77. The summed E-state index contributed by atoms with van der Waals surface area (Å²) in [5.74, 6) is 0. The Kier molecular flexibility index (Phi) is 1.12. The van der Waals surface area contributed by atoms with Crippen LogP contribution in [-0.2, 0) is 7.05 Å². The second-order valence-corrected chi connectivity index (χ2v) is 2.16. The maximum absolute atomic E-state index is 3.12. The van der Waals surface area contributed by atoms with Crippen molar-refractivity contribution in [1.82, 2.24) is 4.57 Å². The second-order valence-electron chi connectivity index (χ2n) is 2.16. The van der Waals surface area contributed by atoms with E-state index in [2.05, 4.69) is 26.2 Å². The van der Waals surface area contributed by atoms with Crippen LogP contribution < -0.4 is 0 Å². The minimum Gasteiger partial charge on any atom is -0.349 e. The molecular formula is C7H10N. The van der Waals surface area contributed by atoms with E-state index < -0.39 is 0 Å². The largest absolute Gasteiger partial charge is 0.349 e. The molecule has 0 spiro atoms. The molecule has 8 heavy (non-hydrogen) atoms. The molecule has 0 aromatic carbocycles. The van der Waals surface area contributed by atoms with Gasteiger partial charge in [-0.05, 0) is 25.0 Å². The zero-order valence-corrected chi connectivity index (χ0v) is 5.52. The van der Waals surface area contributed by atoms with E-state index in [9.17, 15) is 0 Å². The molecule has 1 heterocycles. The van der Waals surface area contributed by atoms with Gasteiger partial charge in [0.1, 0.15) is 0 Å². The zero-order valence-electron chi connectivity index (χ0n) is 5.52. The quantitative estimate of drug-likeness (QED) is 0.474. The topological polar surface area (TPSA) is 4.93 Å². The molecular weight excluding hydrogens is 98.1 g/mol. The molecule has 43 valence electrons. The predicted octanol–water partition coefficient (Wildman–Crippen LogP) is 1.44. The highest BCUT2D eigenvalue weighted by Gasteiger charge is 1.91. The first-order valence-electron chi connectivity index (χ1n) is 2.72. The van der Waals surface area contributed by atoms with Gasteiger partial charge < -0.3 is 4.57 Å². The minimum absolute atomic E-state index is 1.24. The molecule has 1 rings (SSSR count). The number of aryl methyl sites for hydroxylation is 3. The van der Waals surface area contributed by atoms with Crippen LogP contribution in [-0.4, -0.2) is 4.57 Å². The van der Waals surface area contributed by atoms with E-state index in [1.165, 1.54) is 11.1 Å². The number of aromatic nitrogens is 1. The number of hydrogen-bond acceptors (Lipinski definition) is 0. The summed E-state index contributed by atoms with van der Waals surface area (Å²) in [6.45, 7) is 4.15. The third-order valence-corrected chi connectivity index (χ3v) is 1.32. The van der Waals surface area contributed by atoms with Crippen molar-refractivity contribution in [2.45, 2.75) is 13.8 Å². The summed E-state index contributed by atoms with van der Waals surface area (Å²) in [6.07, 6.45) is 5.19. The van der Waals surface area contributed by atoms with Crippen LogP contribution in [0.15, 0.2) is 6.20 Å². The first-order valence-corrected chi connectivity index (χ1v) is 2.72. The Hall–Kier alpha value is -0.720. The van der Waals surface area contributed by atoms with Crippen molar-refractivity contribution in [1.29, 1.82) is 0 Å². The van der Waals surface area contributed by atoms with Gasteiger partial charge in [-0.3, -0.25) is 0 Å². The molecule has 0 atom stereocenters. The smallest absolute Gasteiger partial charge is 0.0680 e. The Balaban J connectivity index is 3.14. The summed E-state index contributed by atoms with van der Waals surface area (Å²) in [6, 6.07) is 0. The standard InChI is InChI=1S/C7H10N/c1-6-4-8(3)5-7(6)2/h4H,1-3H3. The lowest BCUT2D eigenvalue weighted by Gasteiger charge is -1.80. The second kappa shape index (κ2) is 1.66. The SMILES string of the molecule is Cc1[c]n(C)cc1C. The average molecular weight is 108 g/mol. The highest BCUT2D eigenvalue weighted by molar-refractivity contribution is 5.18. The van der Waals surface area contributed by atoms with Gasteiger partial charge in [-0.25, -0.2) is 0 Å². The van der Waals surface area contributed by atoms with Crippen LogP contribution in [0.4, 0.5) is 0 Å². The summed E-state index contributed by atoms with van der Waals surface area (Å²) >= 11 is 0. The van der Waals surface area contributed by atoms with E-state index in [1.54, 1.807) is 0 Å². The normalized spacial score (nSPS) is 9.88. The summed E-state index contributed by atoms with van der Waals surface area (Å²) in [5.41, 5.74) is 2.56. The van der Waals surface area contributed by atoms with Crippen molar-refractivity contribution in [3.63, 3.8) is 0 Å². The van der Waals surface area contributed by atoms with Crippen LogP contribution in [0.5, 0.6) is 0 Å². The van der Waals surface area contributed by atoms with E-state index >= 15 is 0 Å². The van der Waals surface area contributed by atoms with Crippen molar-refractivity contribution in [2.75, 3.05) is 0 Å². The molecule has 0 aliphatic rings. The third-order valence-electron chi connectivity index (χ3n) is 1.32. The molecule has 0 unspecified atom stereocenters. The van der Waals surface area contributed by atoms with Crippen LogP contribution in [0.1, 0.15) is 11.1 Å². The molecule has 0 saturated heterocycles. The molecule has 1 radical (unpaired) electrons. The fourth-order valence-corrected chi connectivity index (χ4v) is 0.772. The summed E-state index contributed by atoms with van der Waals surface area (Å²) < 4.78 is 1.95. The Labute approximate surface area is 49.9 Å². The molecule has 0 aliphatic carbocycles. The van der Waals surface area contributed by atoms with E-state index in [0.717, 1.165) is 0 Å².